The normalized spacial score (nSPS) is 18.3. The van der Waals surface area contributed by atoms with Crippen LogP contribution >= 0.6 is 0 Å². The summed E-state index contributed by atoms with van der Waals surface area (Å²) < 4.78 is 10.5. The van der Waals surface area contributed by atoms with Gasteiger partial charge >= 0.3 is 11.9 Å². The second kappa shape index (κ2) is 11.8. The molecule has 0 aromatic heterocycles. The Labute approximate surface area is 178 Å². The Morgan fingerprint density at radius 1 is 0.700 bits per heavy atom. The Bertz CT molecular complexity index is 778. The maximum Gasteiger partial charge on any atom is 0.330 e. The van der Waals surface area contributed by atoms with Crippen LogP contribution in [0.1, 0.15) is 24.0 Å². The van der Waals surface area contributed by atoms with Crippen LogP contribution in [0.15, 0.2) is 85.0 Å². The van der Waals surface area contributed by atoms with Gasteiger partial charge in [-0.3, -0.25) is 0 Å². The first-order valence-electron chi connectivity index (χ1n) is 10.5. The fourth-order valence-electron chi connectivity index (χ4n) is 3.38. The monoisotopic (exact) mass is 404 g/mol. The lowest BCUT2D eigenvalue weighted by Crippen LogP contribution is -2.20. The van der Waals surface area contributed by atoms with Crippen molar-refractivity contribution in [3.63, 3.8) is 0 Å². The first kappa shape index (κ1) is 21.6. The van der Waals surface area contributed by atoms with Gasteiger partial charge in [0.2, 0.25) is 0 Å². The highest BCUT2D eigenvalue weighted by Crippen LogP contribution is 2.35. The first-order valence-corrected chi connectivity index (χ1v) is 10.5. The molecule has 30 heavy (non-hydrogen) atoms. The lowest BCUT2D eigenvalue weighted by molar-refractivity contribution is -0.138. The van der Waals surface area contributed by atoms with Crippen LogP contribution in [0.5, 0.6) is 0 Å². The van der Waals surface area contributed by atoms with E-state index in [0.29, 0.717) is 25.0 Å². The summed E-state index contributed by atoms with van der Waals surface area (Å²) in [6.45, 7) is 0.769. The molecule has 1 aliphatic rings. The molecule has 1 saturated carbocycles. The summed E-state index contributed by atoms with van der Waals surface area (Å²) in [5.74, 6) is 0.115. The number of carbonyl (C=O) groups is 2. The maximum atomic E-state index is 11.8. The lowest BCUT2D eigenvalue weighted by atomic mass is 9.74. The van der Waals surface area contributed by atoms with Crippen molar-refractivity contribution in [1.82, 2.24) is 0 Å². The number of carbonyl (C=O) groups excluding carboxylic acids is 2. The minimum absolute atomic E-state index is 0.299. The van der Waals surface area contributed by atoms with Gasteiger partial charge in [-0.05, 0) is 35.8 Å². The van der Waals surface area contributed by atoms with Gasteiger partial charge in [0.15, 0.2) is 0 Å². The van der Waals surface area contributed by atoms with E-state index in [1.54, 1.807) is 0 Å². The molecule has 0 aliphatic heterocycles. The zero-order chi connectivity index (χ0) is 21.0. The van der Waals surface area contributed by atoms with E-state index in [1.807, 2.05) is 72.8 Å². The molecule has 0 bridgehead atoms. The topological polar surface area (TPSA) is 52.6 Å². The Balaban J connectivity index is 1.25. The molecule has 156 valence electrons. The quantitative estimate of drug-likeness (QED) is 0.426. The third-order valence-electron chi connectivity index (χ3n) is 5.18. The zero-order valence-electron chi connectivity index (χ0n) is 17.1. The number of rotatable bonds is 10. The third kappa shape index (κ3) is 7.70. The molecular formula is C26H28O4. The van der Waals surface area contributed by atoms with E-state index in [4.69, 9.17) is 9.47 Å². The van der Waals surface area contributed by atoms with Gasteiger partial charge in [-0.1, -0.05) is 72.8 Å². The molecule has 1 aliphatic carbocycles. The van der Waals surface area contributed by atoms with Gasteiger partial charge in [0.25, 0.3) is 0 Å². The fourth-order valence-corrected chi connectivity index (χ4v) is 3.38. The van der Waals surface area contributed by atoms with E-state index < -0.39 is 0 Å². The van der Waals surface area contributed by atoms with E-state index in [0.717, 1.165) is 36.8 Å². The molecule has 0 radical (unpaired) electrons. The van der Waals surface area contributed by atoms with Gasteiger partial charge in [-0.2, -0.15) is 0 Å². The molecule has 4 heteroatoms. The number of hydrogen-bond donors (Lipinski definition) is 0. The summed E-state index contributed by atoms with van der Waals surface area (Å²) in [5, 5.41) is 0. The lowest BCUT2D eigenvalue weighted by Gasteiger charge is -2.30. The van der Waals surface area contributed by atoms with Gasteiger partial charge in [0.1, 0.15) is 0 Å². The standard InChI is InChI=1S/C26H28O4/c27-25(29-17-15-21-7-3-1-4-8-21)13-11-23-19-24(20-23)12-14-26(28)30-18-16-22-9-5-2-6-10-22/h1-14,23-24H,15-20H2/b13-11+,14-12+. The van der Waals surface area contributed by atoms with Crippen molar-refractivity contribution >= 4 is 11.9 Å². The SMILES string of the molecule is O=C(/C=C/C1CC(/C=C/C(=O)OCCc2ccccc2)C1)OCCc1ccccc1. The highest BCUT2D eigenvalue weighted by atomic mass is 16.5. The number of benzene rings is 2. The average Bonchev–Trinajstić information content (AvgIpc) is 2.74. The van der Waals surface area contributed by atoms with Crippen LogP contribution in [0.2, 0.25) is 0 Å². The van der Waals surface area contributed by atoms with Crippen LogP contribution in [-0.4, -0.2) is 25.2 Å². The molecule has 0 amide bonds. The van der Waals surface area contributed by atoms with Crippen molar-refractivity contribution in [3.8, 4) is 0 Å². The number of esters is 2. The van der Waals surface area contributed by atoms with Crippen LogP contribution in [0.3, 0.4) is 0 Å². The smallest absolute Gasteiger partial charge is 0.330 e. The van der Waals surface area contributed by atoms with E-state index in [9.17, 15) is 9.59 Å². The van der Waals surface area contributed by atoms with Crippen molar-refractivity contribution in [2.24, 2.45) is 11.8 Å². The zero-order valence-corrected chi connectivity index (χ0v) is 17.1. The van der Waals surface area contributed by atoms with E-state index in [-0.39, 0.29) is 11.9 Å². The molecule has 0 heterocycles. The highest BCUT2D eigenvalue weighted by Gasteiger charge is 2.25. The fraction of sp³-hybridized carbons (Fsp3) is 0.308. The molecule has 0 atom stereocenters. The molecule has 0 unspecified atom stereocenters. The first-order chi connectivity index (χ1) is 14.7. The van der Waals surface area contributed by atoms with E-state index >= 15 is 0 Å². The third-order valence-corrected chi connectivity index (χ3v) is 5.18. The Morgan fingerprint density at radius 3 is 1.50 bits per heavy atom. The van der Waals surface area contributed by atoms with Crippen molar-refractivity contribution in [2.45, 2.75) is 25.7 Å². The number of ether oxygens (including phenoxy) is 2. The van der Waals surface area contributed by atoms with Gasteiger partial charge in [-0.15, -0.1) is 0 Å². The number of hydrogen-bond acceptors (Lipinski definition) is 4. The van der Waals surface area contributed by atoms with Crippen molar-refractivity contribution in [3.05, 3.63) is 96.1 Å². The average molecular weight is 405 g/mol. The summed E-state index contributed by atoms with van der Waals surface area (Å²) in [5.41, 5.74) is 2.31. The van der Waals surface area contributed by atoms with Gasteiger partial charge < -0.3 is 9.47 Å². The summed E-state index contributed by atoms with van der Waals surface area (Å²) in [7, 11) is 0. The van der Waals surface area contributed by atoms with Gasteiger partial charge in [0.05, 0.1) is 13.2 Å². The largest absolute Gasteiger partial charge is 0.462 e. The molecule has 2 aromatic carbocycles. The van der Waals surface area contributed by atoms with Crippen molar-refractivity contribution in [2.75, 3.05) is 13.2 Å². The molecular weight excluding hydrogens is 376 g/mol. The van der Waals surface area contributed by atoms with Crippen molar-refractivity contribution in [1.29, 1.82) is 0 Å². The molecule has 2 aromatic rings. The van der Waals surface area contributed by atoms with Gasteiger partial charge in [0, 0.05) is 25.0 Å². The van der Waals surface area contributed by atoms with Crippen LogP contribution < -0.4 is 0 Å². The van der Waals surface area contributed by atoms with Crippen molar-refractivity contribution < 1.29 is 19.1 Å². The Morgan fingerprint density at radius 2 is 1.10 bits per heavy atom. The molecule has 4 nitrogen and oxygen atoms in total. The van der Waals surface area contributed by atoms with E-state index in [2.05, 4.69) is 0 Å². The van der Waals surface area contributed by atoms with Crippen LogP contribution in [0, 0.1) is 11.8 Å². The number of allylic oxidation sites excluding steroid dienone is 2. The van der Waals surface area contributed by atoms with Crippen LogP contribution in [0.4, 0.5) is 0 Å². The molecule has 0 spiro atoms. The minimum Gasteiger partial charge on any atom is -0.462 e. The molecule has 0 N–H and O–H groups in total. The predicted octanol–water partition coefficient (Wildman–Crippen LogP) is 4.70. The molecule has 1 fully saturated rings. The predicted molar refractivity (Wildman–Crippen MR) is 117 cm³/mol. The Kier molecular flexibility index (Phi) is 8.46. The second-order valence-electron chi connectivity index (χ2n) is 7.52. The minimum atomic E-state index is -0.299. The summed E-state index contributed by atoms with van der Waals surface area (Å²) in [6.07, 6.45) is 10.2. The summed E-state index contributed by atoms with van der Waals surface area (Å²) >= 11 is 0. The molecule has 3 rings (SSSR count). The van der Waals surface area contributed by atoms with E-state index in [1.165, 1.54) is 12.2 Å². The molecule has 0 saturated heterocycles. The summed E-state index contributed by atoms with van der Waals surface area (Å²) in [4.78, 5) is 23.6. The van der Waals surface area contributed by atoms with Crippen LogP contribution in [0.25, 0.3) is 0 Å². The maximum absolute atomic E-state index is 11.8. The Hall–Kier alpha value is -3.14. The highest BCUT2D eigenvalue weighted by molar-refractivity contribution is 5.82. The van der Waals surface area contributed by atoms with Crippen LogP contribution in [-0.2, 0) is 31.9 Å². The summed E-state index contributed by atoms with van der Waals surface area (Å²) in [6, 6.07) is 19.9. The second-order valence-corrected chi connectivity index (χ2v) is 7.52. The van der Waals surface area contributed by atoms with Gasteiger partial charge in [-0.25, -0.2) is 9.59 Å².